The van der Waals surface area contributed by atoms with Crippen molar-refractivity contribution in [3.63, 3.8) is 0 Å². The second-order valence-corrected chi connectivity index (χ2v) is 6.13. The Hall–Kier alpha value is -2.03. The second-order valence-electron chi connectivity index (χ2n) is 6.13. The molecule has 0 bridgehead atoms. The summed E-state index contributed by atoms with van der Waals surface area (Å²) in [7, 11) is 1.80. The zero-order chi connectivity index (χ0) is 17.5. The number of benzene rings is 1. The lowest BCUT2D eigenvalue weighted by Gasteiger charge is -2.12. The Bertz CT molecular complexity index is 835. The van der Waals surface area contributed by atoms with Gasteiger partial charge in [-0.3, -0.25) is 9.67 Å². The Morgan fingerprint density at radius 3 is 2.69 bits per heavy atom. The molecular formula is C19H27IN6. The summed E-state index contributed by atoms with van der Waals surface area (Å²) >= 11 is 0. The van der Waals surface area contributed by atoms with E-state index in [2.05, 4.69) is 61.8 Å². The van der Waals surface area contributed by atoms with Gasteiger partial charge in [-0.05, 0) is 36.4 Å². The summed E-state index contributed by atoms with van der Waals surface area (Å²) in [5, 5.41) is 12.3. The van der Waals surface area contributed by atoms with Gasteiger partial charge in [-0.2, -0.15) is 5.10 Å². The Kier molecular flexibility index (Phi) is 7.96. The van der Waals surface area contributed by atoms with Crippen LogP contribution in [0.1, 0.15) is 12.0 Å². The molecule has 2 N–H and O–H groups in total. The highest BCUT2D eigenvalue weighted by molar-refractivity contribution is 14.0. The second kappa shape index (κ2) is 10.2. The normalized spacial score (nSPS) is 11.4. The maximum absolute atomic E-state index is 4.28. The van der Waals surface area contributed by atoms with Crippen LogP contribution in [0.3, 0.4) is 0 Å². The van der Waals surface area contributed by atoms with Crippen molar-refractivity contribution in [2.24, 2.45) is 4.99 Å². The van der Waals surface area contributed by atoms with Gasteiger partial charge < -0.3 is 15.2 Å². The molecule has 0 radical (unpaired) electrons. The van der Waals surface area contributed by atoms with E-state index in [1.807, 2.05) is 24.0 Å². The van der Waals surface area contributed by atoms with E-state index >= 15 is 0 Å². The first-order valence-corrected chi connectivity index (χ1v) is 8.74. The quantitative estimate of drug-likeness (QED) is 0.244. The number of guanidine groups is 1. The molecule has 26 heavy (non-hydrogen) atoms. The van der Waals surface area contributed by atoms with Gasteiger partial charge in [0.1, 0.15) is 0 Å². The minimum Gasteiger partial charge on any atom is -0.356 e. The zero-order valence-corrected chi connectivity index (χ0v) is 17.7. The lowest BCUT2D eigenvalue weighted by atomic mass is 10.2. The third-order valence-electron chi connectivity index (χ3n) is 4.17. The molecular weight excluding hydrogens is 439 g/mol. The molecule has 0 fully saturated rings. The first-order chi connectivity index (χ1) is 12.3. The lowest BCUT2D eigenvalue weighted by Crippen LogP contribution is -2.39. The van der Waals surface area contributed by atoms with E-state index in [9.17, 15) is 0 Å². The average molecular weight is 466 g/mol. The predicted octanol–water partition coefficient (Wildman–Crippen LogP) is 3.02. The number of hydrogen-bond donors (Lipinski definition) is 2. The molecule has 2 aromatic heterocycles. The molecule has 3 aromatic rings. The van der Waals surface area contributed by atoms with Gasteiger partial charge in [0.25, 0.3) is 0 Å². The highest BCUT2D eigenvalue weighted by Crippen LogP contribution is 2.15. The SMILES string of the molecule is CN=C(NCCCn1ccc2ccccc21)NCCn1cc(C)cn1.I. The molecule has 6 nitrogen and oxygen atoms in total. The van der Waals surface area contributed by atoms with Crippen molar-refractivity contribution >= 4 is 40.8 Å². The number of aryl methyl sites for hydroxylation is 2. The van der Waals surface area contributed by atoms with Crippen LogP contribution in [0.4, 0.5) is 0 Å². The largest absolute Gasteiger partial charge is 0.356 e. The molecule has 0 unspecified atom stereocenters. The fourth-order valence-corrected chi connectivity index (χ4v) is 2.89. The molecule has 2 heterocycles. The zero-order valence-electron chi connectivity index (χ0n) is 15.4. The van der Waals surface area contributed by atoms with E-state index < -0.39 is 0 Å². The average Bonchev–Trinajstić information content (AvgIpc) is 3.23. The lowest BCUT2D eigenvalue weighted by molar-refractivity contribution is 0.592. The number of halogens is 1. The topological polar surface area (TPSA) is 59.2 Å². The number of rotatable bonds is 7. The molecule has 7 heteroatoms. The van der Waals surface area contributed by atoms with E-state index in [1.54, 1.807) is 7.05 Å². The highest BCUT2D eigenvalue weighted by atomic mass is 127. The van der Waals surface area contributed by atoms with E-state index in [1.165, 1.54) is 16.5 Å². The summed E-state index contributed by atoms with van der Waals surface area (Å²) in [5.41, 5.74) is 2.47. The van der Waals surface area contributed by atoms with Crippen LogP contribution in [0.2, 0.25) is 0 Å². The maximum Gasteiger partial charge on any atom is 0.191 e. The Morgan fingerprint density at radius 1 is 1.12 bits per heavy atom. The fourth-order valence-electron chi connectivity index (χ4n) is 2.89. The van der Waals surface area contributed by atoms with E-state index in [0.717, 1.165) is 38.6 Å². The van der Waals surface area contributed by atoms with Crippen LogP contribution < -0.4 is 10.6 Å². The number of nitrogens with one attached hydrogen (secondary N) is 2. The summed E-state index contributed by atoms with van der Waals surface area (Å²) < 4.78 is 4.24. The van der Waals surface area contributed by atoms with Gasteiger partial charge in [0, 0.05) is 44.6 Å². The summed E-state index contributed by atoms with van der Waals surface area (Å²) in [6, 6.07) is 10.6. The Labute approximate surface area is 171 Å². The highest BCUT2D eigenvalue weighted by Gasteiger charge is 2.01. The van der Waals surface area contributed by atoms with Crippen LogP contribution >= 0.6 is 24.0 Å². The summed E-state index contributed by atoms with van der Waals surface area (Å²) in [6.07, 6.45) is 7.11. The molecule has 0 amide bonds. The molecule has 0 aliphatic heterocycles. The molecule has 0 saturated heterocycles. The molecule has 140 valence electrons. The number of nitrogens with zero attached hydrogens (tertiary/aromatic N) is 4. The number of aromatic nitrogens is 3. The van der Waals surface area contributed by atoms with Crippen LogP contribution in [0.25, 0.3) is 10.9 Å². The maximum atomic E-state index is 4.28. The van der Waals surface area contributed by atoms with Gasteiger partial charge in [0.15, 0.2) is 5.96 Å². The molecule has 0 aliphatic carbocycles. The van der Waals surface area contributed by atoms with Gasteiger partial charge in [0.2, 0.25) is 0 Å². The van der Waals surface area contributed by atoms with Crippen LogP contribution in [0, 0.1) is 6.92 Å². The summed E-state index contributed by atoms with van der Waals surface area (Å²) in [6.45, 7) is 5.54. The Morgan fingerprint density at radius 2 is 1.92 bits per heavy atom. The first kappa shape index (κ1) is 20.3. The molecule has 0 saturated carbocycles. The molecule has 0 spiro atoms. The molecule has 0 atom stereocenters. The van der Waals surface area contributed by atoms with Crippen molar-refractivity contribution < 1.29 is 0 Å². The smallest absolute Gasteiger partial charge is 0.191 e. The fraction of sp³-hybridized carbons (Fsp3) is 0.368. The van der Waals surface area contributed by atoms with E-state index in [-0.39, 0.29) is 24.0 Å². The van der Waals surface area contributed by atoms with Crippen molar-refractivity contribution in [3.05, 3.63) is 54.5 Å². The van der Waals surface area contributed by atoms with Crippen LogP contribution in [-0.2, 0) is 13.1 Å². The van der Waals surface area contributed by atoms with Crippen molar-refractivity contribution in [1.82, 2.24) is 25.0 Å². The number of aliphatic imine (C=N–C) groups is 1. The van der Waals surface area contributed by atoms with Gasteiger partial charge >= 0.3 is 0 Å². The summed E-state index contributed by atoms with van der Waals surface area (Å²) in [4.78, 5) is 4.27. The number of fused-ring (bicyclic) bond motifs is 1. The monoisotopic (exact) mass is 466 g/mol. The van der Waals surface area contributed by atoms with Gasteiger partial charge in [-0.25, -0.2) is 0 Å². The first-order valence-electron chi connectivity index (χ1n) is 8.74. The third-order valence-corrected chi connectivity index (χ3v) is 4.17. The minimum absolute atomic E-state index is 0. The van der Waals surface area contributed by atoms with Gasteiger partial charge in [-0.15, -0.1) is 24.0 Å². The van der Waals surface area contributed by atoms with Crippen LogP contribution in [0.5, 0.6) is 0 Å². The molecule has 1 aromatic carbocycles. The van der Waals surface area contributed by atoms with Crippen molar-refractivity contribution in [1.29, 1.82) is 0 Å². The van der Waals surface area contributed by atoms with Crippen molar-refractivity contribution in [2.75, 3.05) is 20.1 Å². The minimum atomic E-state index is 0. The molecule has 3 rings (SSSR count). The number of para-hydroxylation sites is 1. The standard InChI is InChI=1S/C19H26N6.HI/c1-16-14-23-25(15-16)13-10-22-19(20-2)21-9-5-11-24-12-8-17-6-3-4-7-18(17)24;/h3-4,6-8,12,14-15H,5,9-11,13H2,1-2H3,(H2,20,21,22);1H. The van der Waals surface area contributed by atoms with E-state index in [0.29, 0.717) is 0 Å². The van der Waals surface area contributed by atoms with Crippen LogP contribution in [-0.4, -0.2) is 40.4 Å². The molecule has 0 aliphatic rings. The third kappa shape index (κ3) is 5.48. The summed E-state index contributed by atoms with van der Waals surface area (Å²) in [5.74, 6) is 0.834. The van der Waals surface area contributed by atoms with Crippen LogP contribution in [0.15, 0.2) is 53.9 Å². The van der Waals surface area contributed by atoms with Crippen molar-refractivity contribution in [3.8, 4) is 0 Å². The predicted molar refractivity (Wildman–Crippen MR) is 118 cm³/mol. The Balaban J connectivity index is 0.00000243. The number of hydrogen-bond acceptors (Lipinski definition) is 2. The van der Waals surface area contributed by atoms with E-state index in [4.69, 9.17) is 0 Å². The van der Waals surface area contributed by atoms with Crippen molar-refractivity contribution in [2.45, 2.75) is 26.4 Å². The van der Waals surface area contributed by atoms with Gasteiger partial charge in [-0.1, -0.05) is 18.2 Å². The van der Waals surface area contributed by atoms with Gasteiger partial charge in [0.05, 0.1) is 12.7 Å².